The minimum Gasteiger partial charge on any atom is -0.488 e. The lowest BCUT2D eigenvalue weighted by Crippen LogP contribution is -2.23. The molecule has 0 aliphatic heterocycles. The predicted molar refractivity (Wildman–Crippen MR) is 111 cm³/mol. The van der Waals surface area contributed by atoms with Crippen molar-refractivity contribution in [2.24, 2.45) is 0 Å². The van der Waals surface area contributed by atoms with Gasteiger partial charge in [0.1, 0.15) is 11.4 Å². The van der Waals surface area contributed by atoms with E-state index < -0.39 is 0 Å². The molecule has 0 bridgehead atoms. The molecule has 0 N–H and O–H groups in total. The second-order valence-electron chi connectivity index (χ2n) is 6.73. The second-order valence-corrected chi connectivity index (χ2v) is 6.73. The van der Waals surface area contributed by atoms with Gasteiger partial charge in [0.25, 0.3) is 0 Å². The van der Waals surface area contributed by atoms with E-state index in [0.717, 1.165) is 11.3 Å². The van der Waals surface area contributed by atoms with Crippen LogP contribution in [-0.4, -0.2) is 5.60 Å². The molecule has 0 unspecified atom stereocenters. The van der Waals surface area contributed by atoms with Crippen LogP contribution < -0.4 is 4.74 Å². The SMILES string of the molecule is C=Cc1cccc2ccccc12.C=Cc1ccccc1OC(C)(C)C. The molecule has 3 aromatic carbocycles. The number of benzene rings is 3. The maximum absolute atomic E-state index is 5.75. The summed E-state index contributed by atoms with van der Waals surface area (Å²) >= 11 is 0. The summed E-state index contributed by atoms with van der Waals surface area (Å²) in [5.74, 6) is 0.894. The van der Waals surface area contributed by atoms with Crippen LogP contribution in [0.5, 0.6) is 5.75 Å². The molecular formula is C24H26O. The summed E-state index contributed by atoms with van der Waals surface area (Å²) in [5, 5.41) is 2.55. The Balaban J connectivity index is 0.000000181. The first-order chi connectivity index (χ1) is 11.9. The van der Waals surface area contributed by atoms with Crippen molar-refractivity contribution in [1.82, 2.24) is 0 Å². The van der Waals surface area contributed by atoms with Crippen LogP contribution in [-0.2, 0) is 0 Å². The zero-order chi connectivity index (χ0) is 18.3. The molecule has 1 nitrogen and oxygen atoms in total. The Morgan fingerprint density at radius 3 is 1.96 bits per heavy atom. The molecule has 0 fully saturated rings. The van der Waals surface area contributed by atoms with Crippen LogP contribution >= 0.6 is 0 Å². The van der Waals surface area contributed by atoms with E-state index in [1.807, 2.05) is 51.1 Å². The maximum atomic E-state index is 5.75. The molecule has 1 heteroatoms. The maximum Gasteiger partial charge on any atom is 0.127 e. The van der Waals surface area contributed by atoms with Crippen molar-refractivity contribution in [2.75, 3.05) is 0 Å². The van der Waals surface area contributed by atoms with Gasteiger partial charge in [0.15, 0.2) is 0 Å². The highest BCUT2D eigenvalue weighted by molar-refractivity contribution is 5.90. The average Bonchev–Trinajstić information content (AvgIpc) is 2.61. The zero-order valence-corrected chi connectivity index (χ0v) is 15.3. The molecule has 3 aromatic rings. The first-order valence-corrected chi connectivity index (χ1v) is 8.45. The lowest BCUT2D eigenvalue weighted by molar-refractivity contribution is 0.130. The van der Waals surface area contributed by atoms with Crippen LogP contribution in [0.4, 0.5) is 0 Å². The van der Waals surface area contributed by atoms with Crippen LogP contribution in [0.2, 0.25) is 0 Å². The molecule has 0 saturated heterocycles. The number of ether oxygens (including phenoxy) is 1. The van der Waals surface area contributed by atoms with E-state index in [-0.39, 0.29) is 5.60 Å². The van der Waals surface area contributed by atoms with Gasteiger partial charge in [-0.1, -0.05) is 86.0 Å². The highest BCUT2D eigenvalue weighted by atomic mass is 16.5. The van der Waals surface area contributed by atoms with Crippen LogP contribution in [0, 0.1) is 0 Å². The second kappa shape index (κ2) is 8.34. The van der Waals surface area contributed by atoms with Gasteiger partial charge >= 0.3 is 0 Å². The third-order valence-corrected chi connectivity index (χ3v) is 3.60. The third-order valence-electron chi connectivity index (χ3n) is 3.60. The van der Waals surface area contributed by atoms with Gasteiger partial charge in [0.05, 0.1) is 0 Å². The number of fused-ring (bicyclic) bond motifs is 1. The normalized spacial score (nSPS) is 10.5. The quantitative estimate of drug-likeness (QED) is 0.503. The van der Waals surface area contributed by atoms with Crippen molar-refractivity contribution in [2.45, 2.75) is 26.4 Å². The standard InChI is InChI=1S/C12H16O.C12H10/c1-5-10-8-6-7-9-11(10)13-12(2,3)4;1-2-10-7-5-8-11-6-3-4-9-12(10)11/h5-9H,1H2,2-4H3;2-9H,1H2. The average molecular weight is 330 g/mol. The van der Waals surface area contributed by atoms with Crippen molar-refractivity contribution in [3.05, 3.63) is 91.0 Å². The van der Waals surface area contributed by atoms with Crippen molar-refractivity contribution < 1.29 is 4.74 Å². The Morgan fingerprint density at radius 2 is 1.28 bits per heavy atom. The summed E-state index contributed by atoms with van der Waals surface area (Å²) in [7, 11) is 0. The predicted octanol–water partition coefficient (Wildman–Crippen LogP) is 6.99. The van der Waals surface area contributed by atoms with E-state index in [0.29, 0.717) is 0 Å². The minimum atomic E-state index is -0.154. The summed E-state index contributed by atoms with van der Waals surface area (Å²) in [5.41, 5.74) is 2.09. The molecule has 0 saturated carbocycles. The fraction of sp³-hybridized carbons (Fsp3) is 0.167. The van der Waals surface area contributed by atoms with Crippen LogP contribution in [0.1, 0.15) is 31.9 Å². The highest BCUT2D eigenvalue weighted by Gasteiger charge is 2.12. The van der Waals surface area contributed by atoms with Gasteiger partial charge in [-0.05, 0) is 43.2 Å². The van der Waals surface area contributed by atoms with Gasteiger partial charge in [-0.3, -0.25) is 0 Å². The Kier molecular flexibility index (Phi) is 6.19. The lowest BCUT2D eigenvalue weighted by atomic mass is 10.1. The summed E-state index contributed by atoms with van der Waals surface area (Å²) in [6.07, 6.45) is 3.70. The smallest absolute Gasteiger partial charge is 0.127 e. The molecule has 0 heterocycles. The van der Waals surface area contributed by atoms with Gasteiger partial charge in [-0.25, -0.2) is 0 Å². The van der Waals surface area contributed by atoms with E-state index in [4.69, 9.17) is 4.74 Å². The Hall–Kier alpha value is -2.80. The Bertz CT molecular complexity index is 848. The van der Waals surface area contributed by atoms with Crippen molar-refractivity contribution in [3.63, 3.8) is 0 Å². The molecule has 0 atom stereocenters. The molecule has 128 valence electrons. The van der Waals surface area contributed by atoms with Crippen molar-refractivity contribution in [1.29, 1.82) is 0 Å². The molecule has 3 rings (SSSR count). The summed E-state index contributed by atoms with van der Waals surface area (Å²) in [6, 6.07) is 22.5. The zero-order valence-electron chi connectivity index (χ0n) is 15.3. The molecule has 0 aliphatic rings. The molecule has 0 radical (unpaired) electrons. The summed E-state index contributed by atoms with van der Waals surface area (Å²) in [6.45, 7) is 13.6. The van der Waals surface area contributed by atoms with E-state index >= 15 is 0 Å². The molecule has 0 spiro atoms. The largest absolute Gasteiger partial charge is 0.488 e. The molecule has 0 amide bonds. The molecule has 25 heavy (non-hydrogen) atoms. The molecular weight excluding hydrogens is 304 g/mol. The number of hydrogen-bond acceptors (Lipinski definition) is 1. The first-order valence-electron chi connectivity index (χ1n) is 8.45. The third kappa shape index (κ3) is 5.36. The Labute approximate surface area is 151 Å². The van der Waals surface area contributed by atoms with Gasteiger partial charge in [-0.2, -0.15) is 0 Å². The van der Waals surface area contributed by atoms with Crippen LogP contribution in [0.25, 0.3) is 22.9 Å². The topological polar surface area (TPSA) is 9.23 Å². The number of rotatable bonds is 3. The molecule has 0 aromatic heterocycles. The fourth-order valence-corrected chi connectivity index (χ4v) is 2.50. The van der Waals surface area contributed by atoms with Gasteiger partial charge in [0, 0.05) is 5.56 Å². The van der Waals surface area contributed by atoms with E-state index in [2.05, 4.69) is 55.6 Å². The van der Waals surface area contributed by atoms with E-state index in [9.17, 15) is 0 Å². The van der Waals surface area contributed by atoms with E-state index in [1.165, 1.54) is 16.3 Å². The number of para-hydroxylation sites is 1. The monoisotopic (exact) mass is 330 g/mol. The van der Waals surface area contributed by atoms with Gasteiger partial charge in [-0.15, -0.1) is 0 Å². The van der Waals surface area contributed by atoms with Gasteiger partial charge < -0.3 is 4.74 Å². The van der Waals surface area contributed by atoms with Crippen molar-refractivity contribution >= 4 is 22.9 Å². The van der Waals surface area contributed by atoms with Crippen LogP contribution in [0.15, 0.2) is 79.9 Å². The van der Waals surface area contributed by atoms with Crippen LogP contribution in [0.3, 0.4) is 0 Å². The Morgan fingerprint density at radius 1 is 0.720 bits per heavy atom. The van der Waals surface area contributed by atoms with Crippen molar-refractivity contribution in [3.8, 4) is 5.75 Å². The lowest BCUT2D eigenvalue weighted by Gasteiger charge is -2.22. The molecule has 0 aliphatic carbocycles. The highest BCUT2D eigenvalue weighted by Crippen LogP contribution is 2.23. The number of hydrogen-bond donors (Lipinski definition) is 0. The van der Waals surface area contributed by atoms with E-state index in [1.54, 1.807) is 6.08 Å². The van der Waals surface area contributed by atoms with Gasteiger partial charge in [0.2, 0.25) is 0 Å². The summed E-state index contributed by atoms with van der Waals surface area (Å²) in [4.78, 5) is 0. The fourth-order valence-electron chi connectivity index (χ4n) is 2.50. The summed E-state index contributed by atoms with van der Waals surface area (Å²) < 4.78 is 5.75. The minimum absolute atomic E-state index is 0.154. The first kappa shape index (κ1) is 18.5.